The molecule has 1 fully saturated rings. The molecule has 1 aliphatic heterocycles. The van der Waals surface area contributed by atoms with Crippen molar-refractivity contribution in [2.75, 3.05) is 13.1 Å². The Balaban J connectivity index is 2.29. The first-order valence-electron chi connectivity index (χ1n) is 4.69. The maximum atomic E-state index is 10.7. The maximum absolute atomic E-state index is 10.7. The molecule has 0 spiro atoms. The Morgan fingerprint density at radius 3 is 3.00 bits per heavy atom. The van der Waals surface area contributed by atoms with Crippen molar-refractivity contribution in [2.24, 2.45) is 17.6 Å². The Kier molecular flexibility index (Phi) is 3.53. The molecule has 0 aromatic heterocycles. The van der Waals surface area contributed by atoms with Crippen LogP contribution in [0.3, 0.4) is 0 Å². The van der Waals surface area contributed by atoms with Crippen LogP contribution in [0, 0.1) is 11.8 Å². The molecule has 3 nitrogen and oxygen atoms in total. The highest BCUT2D eigenvalue weighted by Gasteiger charge is 2.20. The standard InChI is InChI=1S/C9H18N2O/c1-7(5-9(10)12)8-3-2-4-11-6-8/h7-8,11H,2-6H2,1H3,(H2,10,12)/t7-,8+/m1/s1. The molecule has 0 aliphatic carbocycles. The molecule has 12 heavy (non-hydrogen) atoms. The number of nitrogens with two attached hydrogens (primary N) is 1. The summed E-state index contributed by atoms with van der Waals surface area (Å²) < 4.78 is 0. The Morgan fingerprint density at radius 2 is 2.50 bits per heavy atom. The van der Waals surface area contributed by atoms with Gasteiger partial charge in [0, 0.05) is 6.42 Å². The van der Waals surface area contributed by atoms with Gasteiger partial charge in [0.05, 0.1) is 0 Å². The number of carbonyl (C=O) groups is 1. The van der Waals surface area contributed by atoms with Gasteiger partial charge >= 0.3 is 0 Å². The number of nitrogens with one attached hydrogen (secondary N) is 1. The first kappa shape index (κ1) is 9.52. The highest BCUT2D eigenvalue weighted by Crippen LogP contribution is 2.21. The van der Waals surface area contributed by atoms with Gasteiger partial charge in [-0.2, -0.15) is 0 Å². The van der Waals surface area contributed by atoms with Crippen LogP contribution in [-0.4, -0.2) is 19.0 Å². The molecule has 0 aromatic rings. The van der Waals surface area contributed by atoms with Gasteiger partial charge in [-0.3, -0.25) is 4.79 Å². The van der Waals surface area contributed by atoms with Crippen LogP contribution < -0.4 is 11.1 Å². The van der Waals surface area contributed by atoms with Crippen molar-refractivity contribution in [3.05, 3.63) is 0 Å². The molecule has 1 aliphatic rings. The summed E-state index contributed by atoms with van der Waals surface area (Å²) in [6, 6.07) is 0. The van der Waals surface area contributed by atoms with Gasteiger partial charge in [-0.1, -0.05) is 6.92 Å². The molecule has 0 bridgehead atoms. The van der Waals surface area contributed by atoms with Crippen LogP contribution in [0.25, 0.3) is 0 Å². The molecule has 0 aromatic carbocycles. The van der Waals surface area contributed by atoms with Gasteiger partial charge in [0.25, 0.3) is 0 Å². The van der Waals surface area contributed by atoms with Gasteiger partial charge < -0.3 is 11.1 Å². The molecule has 0 saturated carbocycles. The van der Waals surface area contributed by atoms with Gasteiger partial charge in [-0.05, 0) is 37.8 Å². The third kappa shape index (κ3) is 2.81. The Hall–Kier alpha value is -0.570. The molecule has 3 N–H and O–H groups in total. The number of piperidine rings is 1. The van der Waals surface area contributed by atoms with Gasteiger partial charge in [-0.25, -0.2) is 0 Å². The van der Waals surface area contributed by atoms with Crippen LogP contribution in [0.15, 0.2) is 0 Å². The van der Waals surface area contributed by atoms with Crippen LogP contribution in [0.5, 0.6) is 0 Å². The number of hydrogen-bond acceptors (Lipinski definition) is 2. The number of hydrogen-bond donors (Lipinski definition) is 2. The van der Waals surface area contributed by atoms with Crippen molar-refractivity contribution in [1.82, 2.24) is 5.32 Å². The van der Waals surface area contributed by atoms with Crippen LogP contribution in [0.1, 0.15) is 26.2 Å². The van der Waals surface area contributed by atoms with E-state index in [2.05, 4.69) is 12.2 Å². The van der Waals surface area contributed by atoms with E-state index in [4.69, 9.17) is 5.73 Å². The Morgan fingerprint density at radius 1 is 1.75 bits per heavy atom. The number of amides is 1. The fourth-order valence-corrected chi connectivity index (χ4v) is 1.85. The topological polar surface area (TPSA) is 55.1 Å². The third-order valence-electron chi connectivity index (χ3n) is 2.66. The second kappa shape index (κ2) is 4.45. The summed E-state index contributed by atoms with van der Waals surface area (Å²) in [6.45, 7) is 4.29. The summed E-state index contributed by atoms with van der Waals surface area (Å²) in [5, 5.41) is 3.34. The molecule has 3 heteroatoms. The zero-order valence-electron chi connectivity index (χ0n) is 7.68. The van der Waals surface area contributed by atoms with E-state index in [0.29, 0.717) is 18.3 Å². The fourth-order valence-electron chi connectivity index (χ4n) is 1.85. The van der Waals surface area contributed by atoms with Crippen molar-refractivity contribution in [2.45, 2.75) is 26.2 Å². The van der Waals surface area contributed by atoms with E-state index in [1.54, 1.807) is 0 Å². The minimum Gasteiger partial charge on any atom is -0.370 e. The molecule has 1 rings (SSSR count). The normalized spacial score (nSPS) is 26.6. The summed E-state index contributed by atoms with van der Waals surface area (Å²) in [5.74, 6) is 0.912. The zero-order valence-corrected chi connectivity index (χ0v) is 7.68. The molecule has 0 unspecified atom stereocenters. The number of rotatable bonds is 3. The molecule has 70 valence electrons. The quantitative estimate of drug-likeness (QED) is 0.648. The lowest BCUT2D eigenvalue weighted by atomic mass is 9.85. The Bertz CT molecular complexity index is 153. The first-order chi connectivity index (χ1) is 5.70. The van der Waals surface area contributed by atoms with E-state index in [0.717, 1.165) is 13.1 Å². The summed E-state index contributed by atoms with van der Waals surface area (Å²) >= 11 is 0. The molecule has 2 atom stereocenters. The van der Waals surface area contributed by atoms with Crippen molar-refractivity contribution in [3.8, 4) is 0 Å². The predicted octanol–water partition coefficient (Wildman–Crippen LogP) is 0.498. The predicted molar refractivity (Wildman–Crippen MR) is 48.6 cm³/mol. The van der Waals surface area contributed by atoms with E-state index >= 15 is 0 Å². The van der Waals surface area contributed by atoms with Gasteiger partial charge in [0.15, 0.2) is 0 Å². The smallest absolute Gasteiger partial charge is 0.217 e. The van der Waals surface area contributed by atoms with Crippen molar-refractivity contribution in [1.29, 1.82) is 0 Å². The van der Waals surface area contributed by atoms with Crippen LogP contribution in [-0.2, 0) is 4.79 Å². The summed E-state index contributed by atoms with van der Waals surface area (Å²) in [7, 11) is 0. The lowest BCUT2D eigenvalue weighted by molar-refractivity contribution is -0.119. The molecular formula is C9H18N2O. The average molecular weight is 170 g/mol. The molecule has 1 saturated heterocycles. The monoisotopic (exact) mass is 170 g/mol. The highest BCUT2D eigenvalue weighted by atomic mass is 16.1. The zero-order chi connectivity index (χ0) is 8.97. The fraction of sp³-hybridized carbons (Fsp3) is 0.889. The second-order valence-corrected chi connectivity index (χ2v) is 3.75. The van der Waals surface area contributed by atoms with Crippen LogP contribution in [0.4, 0.5) is 0 Å². The summed E-state index contributed by atoms with van der Waals surface area (Å²) in [5.41, 5.74) is 5.14. The lowest BCUT2D eigenvalue weighted by Crippen LogP contribution is -2.34. The van der Waals surface area contributed by atoms with Gasteiger partial charge in [0.1, 0.15) is 0 Å². The van der Waals surface area contributed by atoms with Crippen LogP contribution in [0.2, 0.25) is 0 Å². The minimum atomic E-state index is -0.173. The minimum absolute atomic E-state index is 0.173. The van der Waals surface area contributed by atoms with Crippen molar-refractivity contribution < 1.29 is 4.79 Å². The van der Waals surface area contributed by atoms with E-state index in [1.807, 2.05) is 0 Å². The summed E-state index contributed by atoms with van der Waals surface area (Å²) in [6.07, 6.45) is 3.00. The van der Waals surface area contributed by atoms with Crippen molar-refractivity contribution in [3.63, 3.8) is 0 Å². The lowest BCUT2D eigenvalue weighted by Gasteiger charge is -2.27. The SMILES string of the molecule is C[C@H](CC(N)=O)[C@H]1CCCNC1. The summed E-state index contributed by atoms with van der Waals surface area (Å²) in [4.78, 5) is 10.7. The van der Waals surface area contributed by atoms with E-state index in [-0.39, 0.29) is 5.91 Å². The number of carbonyl (C=O) groups excluding carboxylic acids is 1. The Labute approximate surface area is 73.7 Å². The van der Waals surface area contributed by atoms with Crippen molar-refractivity contribution >= 4 is 5.91 Å². The van der Waals surface area contributed by atoms with E-state index in [1.165, 1.54) is 12.8 Å². The largest absolute Gasteiger partial charge is 0.370 e. The van der Waals surface area contributed by atoms with E-state index in [9.17, 15) is 4.79 Å². The third-order valence-corrected chi connectivity index (χ3v) is 2.66. The van der Waals surface area contributed by atoms with Gasteiger partial charge in [0.2, 0.25) is 5.91 Å². The number of primary amides is 1. The highest BCUT2D eigenvalue weighted by molar-refractivity contribution is 5.73. The molecule has 1 heterocycles. The van der Waals surface area contributed by atoms with Crippen LogP contribution >= 0.6 is 0 Å². The maximum Gasteiger partial charge on any atom is 0.217 e. The molecular weight excluding hydrogens is 152 g/mol. The van der Waals surface area contributed by atoms with Gasteiger partial charge in [-0.15, -0.1) is 0 Å². The second-order valence-electron chi connectivity index (χ2n) is 3.75. The first-order valence-corrected chi connectivity index (χ1v) is 4.69. The van der Waals surface area contributed by atoms with E-state index < -0.39 is 0 Å². The molecule has 0 radical (unpaired) electrons. The molecule has 1 amide bonds. The average Bonchev–Trinajstić information content (AvgIpc) is 2.05.